The highest BCUT2D eigenvalue weighted by molar-refractivity contribution is 5.92. The molecule has 0 spiro atoms. The second-order valence-electron chi connectivity index (χ2n) is 6.25. The van der Waals surface area contributed by atoms with E-state index in [4.69, 9.17) is 4.74 Å². The molecule has 1 N–H and O–H groups in total. The van der Waals surface area contributed by atoms with Crippen LogP contribution in [0.2, 0.25) is 0 Å². The number of carbonyl (C=O) groups excluding carboxylic acids is 1. The molecule has 3 rings (SSSR count). The molecule has 1 amide bonds. The molecule has 126 valence electrons. The number of rotatable bonds is 4. The number of methoxy groups -OCH3 is 1. The lowest BCUT2D eigenvalue weighted by atomic mass is 9.86. The number of benzene rings is 1. The van der Waals surface area contributed by atoms with E-state index in [0.717, 1.165) is 24.2 Å². The van der Waals surface area contributed by atoms with E-state index in [1.54, 1.807) is 43.3 Å². The van der Waals surface area contributed by atoms with Crippen molar-refractivity contribution in [3.8, 4) is 5.75 Å². The third-order valence-electron chi connectivity index (χ3n) is 4.72. The van der Waals surface area contributed by atoms with Crippen molar-refractivity contribution in [1.82, 2.24) is 9.88 Å². The molecule has 2 aromatic rings. The monoisotopic (exact) mass is 326 g/mol. The highest BCUT2D eigenvalue weighted by Crippen LogP contribution is 2.35. The van der Waals surface area contributed by atoms with Crippen molar-refractivity contribution in [2.24, 2.45) is 0 Å². The number of pyridine rings is 1. The summed E-state index contributed by atoms with van der Waals surface area (Å²) >= 11 is 0. The molecule has 1 fully saturated rings. The molecule has 2 atom stereocenters. The quantitative estimate of drug-likeness (QED) is 0.938. The molecular weight excluding hydrogens is 304 g/mol. The Morgan fingerprint density at radius 1 is 1.29 bits per heavy atom. The third kappa shape index (κ3) is 2.99. The number of ether oxygens (including phenoxy) is 1. The molecule has 5 heteroatoms. The zero-order chi connectivity index (χ0) is 17.2. The average molecular weight is 326 g/mol. The zero-order valence-corrected chi connectivity index (χ0v) is 14.0. The normalized spacial score (nSPS) is 19.8. The van der Waals surface area contributed by atoms with Crippen molar-refractivity contribution in [2.45, 2.75) is 31.4 Å². The molecule has 1 aromatic carbocycles. The van der Waals surface area contributed by atoms with E-state index in [-0.39, 0.29) is 11.9 Å². The summed E-state index contributed by atoms with van der Waals surface area (Å²) in [5.41, 5.74) is 0.0525. The first kappa shape index (κ1) is 16.5. The van der Waals surface area contributed by atoms with Gasteiger partial charge in [-0.1, -0.05) is 18.2 Å². The lowest BCUT2D eigenvalue weighted by Crippen LogP contribution is -2.48. The summed E-state index contributed by atoms with van der Waals surface area (Å²) in [5.74, 6) is 0.606. The number of hydrogen-bond acceptors (Lipinski definition) is 4. The minimum absolute atomic E-state index is 0.133. The third-order valence-corrected chi connectivity index (χ3v) is 4.72. The molecule has 1 aliphatic heterocycles. The number of aromatic nitrogens is 1. The standard InChI is InChI=1S/C19H22N2O3/c1-19(23,14-8-10-15(24-2)11-9-14)17-7-5-13-21(17)18(22)16-6-3-4-12-20-16/h3-4,6,8-12,17,23H,5,7,13H2,1-2H3/t17-,19+/m0/s1. The molecular formula is C19H22N2O3. The van der Waals surface area contributed by atoms with Crippen molar-refractivity contribution in [2.75, 3.05) is 13.7 Å². The smallest absolute Gasteiger partial charge is 0.272 e. The molecule has 0 bridgehead atoms. The zero-order valence-electron chi connectivity index (χ0n) is 14.0. The maximum absolute atomic E-state index is 12.8. The van der Waals surface area contributed by atoms with E-state index < -0.39 is 5.60 Å². The molecule has 0 saturated carbocycles. The van der Waals surface area contributed by atoms with Crippen molar-refractivity contribution in [3.05, 3.63) is 59.9 Å². The summed E-state index contributed by atoms with van der Waals surface area (Å²) in [7, 11) is 1.61. The van der Waals surface area contributed by atoms with Gasteiger partial charge in [0.2, 0.25) is 0 Å². The fraction of sp³-hybridized carbons (Fsp3) is 0.368. The largest absolute Gasteiger partial charge is 0.497 e. The first-order valence-corrected chi connectivity index (χ1v) is 8.13. The van der Waals surface area contributed by atoms with Gasteiger partial charge in [-0.3, -0.25) is 9.78 Å². The van der Waals surface area contributed by atoms with Crippen molar-refractivity contribution < 1.29 is 14.6 Å². The van der Waals surface area contributed by atoms with Crippen LogP contribution in [-0.4, -0.2) is 40.6 Å². The van der Waals surface area contributed by atoms with Crippen LogP contribution in [0.1, 0.15) is 35.8 Å². The predicted octanol–water partition coefficient (Wildman–Crippen LogP) is 2.60. The fourth-order valence-electron chi connectivity index (χ4n) is 3.35. The van der Waals surface area contributed by atoms with E-state index in [0.29, 0.717) is 12.2 Å². The average Bonchev–Trinajstić information content (AvgIpc) is 3.12. The number of likely N-dealkylation sites (tertiary alicyclic amines) is 1. The van der Waals surface area contributed by atoms with E-state index in [1.165, 1.54) is 0 Å². The molecule has 1 saturated heterocycles. The lowest BCUT2D eigenvalue weighted by Gasteiger charge is -2.36. The highest BCUT2D eigenvalue weighted by atomic mass is 16.5. The SMILES string of the molecule is COc1ccc([C@@](C)(O)[C@@H]2CCCN2C(=O)c2ccccn2)cc1. The minimum atomic E-state index is -1.13. The van der Waals surface area contributed by atoms with Gasteiger partial charge in [0.15, 0.2) is 0 Å². The highest BCUT2D eigenvalue weighted by Gasteiger charge is 2.43. The van der Waals surface area contributed by atoms with Gasteiger partial charge in [0.25, 0.3) is 5.91 Å². The van der Waals surface area contributed by atoms with Gasteiger partial charge in [-0.05, 0) is 49.6 Å². The van der Waals surface area contributed by atoms with Crippen LogP contribution in [-0.2, 0) is 5.60 Å². The Morgan fingerprint density at radius 3 is 2.67 bits per heavy atom. The van der Waals surface area contributed by atoms with Gasteiger partial charge in [-0.25, -0.2) is 0 Å². The molecule has 24 heavy (non-hydrogen) atoms. The van der Waals surface area contributed by atoms with Crippen LogP contribution in [0.3, 0.4) is 0 Å². The van der Waals surface area contributed by atoms with Gasteiger partial charge in [-0.15, -0.1) is 0 Å². The first-order chi connectivity index (χ1) is 11.5. The van der Waals surface area contributed by atoms with E-state index in [1.807, 2.05) is 24.3 Å². The maximum atomic E-state index is 12.8. The Bertz CT molecular complexity index is 698. The van der Waals surface area contributed by atoms with Crippen LogP contribution in [0.25, 0.3) is 0 Å². The summed E-state index contributed by atoms with van der Waals surface area (Å²) in [5, 5.41) is 11.2. The van der Waals surface area contributed by atoms with Gasteiger partial charge in [0, 0.05) is 12.7 Å². The molecule has 0 unspecified atom stereocenters. The van der Waals surface area contributed by atoms with E-state index in [9.17, 15) is 9.90 Å². The summed E-state index contributed by atoms with van der Waals surface area (Å²) < 4.78 is 5.17. The Hall–Kier alpha value is -2.40. The lowest BCUT2D eigenvalue weighted by molar-refractivity contribution is -0.0179. The van der Waals surface area contributed by atoms with Gasteiger partial charge in [0.05, 0.1) is 13.2 Å². The number of amides is 1. The van der Waals surface area contributed by atoms with Crippen LogP contribution in [0.4, 0.5) is 0 Å². The molecule has 1 aromatic heterocycles. The van der Waals surface area contributed by atoms with Crippen molar-refractivity contribution in [1.29, 1.82) is 0 Å². The Balaban J connectivity index is 1.87. The minimum Gasteiger partial charge on any atom is -0.497 e. The second-order valence-corrected chi connectivity index (χ2v) is 6.25. The Morgan fingerprint density at radius 2 is 2.04 bits per heavy atom. The maximum Gasteiger partial charge on any atom is 0.272 e. The van der Waals surface area contributed by atoms with Gasteiger partial charge in [0.1, 0.15) is 17.0 Å². The fourth-order valence-corrected chi connectivity index (χ4v) is 3.35. The Labute approximate surface area is 141 Å². The van der Waals surface area contributed by atoms with Crippen molar-refractivity contribution >= 4 is 5.91 Å². The van der Waals surface area contributed by atoms with Crippen LogP contribution in [0, 0.1) is 0 Å². The first-order valence-electron chi connectivity index (χ1n) is 8.13. The summed E-state index contributed by atoms with van der Waals surface area (Å²) in [6.07, 6.45) is 3.24. The van der Waals surface area contributed by atoms with Crippen LogP contribution < -0.4 is 4.74 Å². The number of aliphatic hydroxyl groups is 1. The number of hydrogen-bond donors (Lipinski definition) is 1. The number of carbonyl (C=O) groups is 1. The summed E-state index contributed by atoms with van der Waals surface area (Å²) in [4.78, 5) is 18.7. The van der Waals surface area contributed by atoms with Crippen LogP contribution in [0.5, 0.6) is 5.75 Å². The summed E-state index contributed by atoms with van der Waals surface area (Å²) in [6, 6.07) is 12.4. The van der Waals surface area contributed by atoms with E-state index in [2.05, 4.69) is 4.98 Å². The Kier molecular flexibility index (Phi) is 4.53. The van der Waals surface area contributed by atoms with Gasteiger partial charge in [-0.2, -0.15) is 0 Å². The molecule has 2 heterocycles. The second kappa shape index (κ2) is 6.61. The van der Waals surface area contributed by atoms with Gasteiger partial charge < -0.3 is 14.7 Å². The molecule has 5 nitrogen and oxygen atoms in total. The van der Waals surface area contributed by atoms with Crippen LogP contribution in [0.15, 0.2) is 48.7 Å². The molecule has 0 radical (unpaired) electrons. The topological polar surface area (TPSA) is 62.7 Å². The predicted molar refractivity (Wildman–Crippen MR) is 90.9 cm³/mol. The van der Waals surface area contributed by atoms with E-state index >= 15 is 0 Å². The van der Waals surface area contributed by atoms with Gasteiger partial charge >= 0.3 is 0 Å². The van der Waals surface area contributed by atoms with Crippen LogP contribution >= 0.6 is 0 Å². The van der Waals surface area contributed by atoms with Crippen molar-refractivity contribution in [3.63, 3.8) is 0 Å². The molecule has 1 aliphatic rings. The summed E-state index contributed by atoms with van der Waals surface area (Å²) in [6.45, 7) is 2.40. The molecule has 0 aliphatic carbocycles. The number of nitrogens with zero attached hydrogens (tertiary/aromatic N) is 2.